The van der Waals surface area contributed by atoms with Crippen molar-refractivity contribution in [1.29, 1.82) is 0 Å². The highest BCUT2D eigenvalue weighted by Crippen LogP contribution is 2.50. The number of aldehydes is 1. The molecular formula is C46H40O2. The highest BCUT2D eigenvalue weighted by Gasteiger charge is 2.36. The van der Waals surface area contributed by atoms with Crippen molar-refractivity contribution in [2.24, 2.45) is 0 Å². The van der Waals surface area contributed by atoms with Gasteiger partial charge in [0.25, 0.3) is 0 Å². The molecule has 0 saturated heterocycles. The molecule has 5 aromatic carbocycles. The van der Waals surface area contributed by atoms with Gasteiger partial charge in [0, 0.05) is 27.5 Å². The van der Waals surface area contributed by atoms with E-state index in [1.807, 2.05) is 44.2 Å². The van der Waals surface area contributed by atoms with Gasteiger partial charge in [-0.2, -0.15) is 0 Å². The van der Waals surface area contributed by atoms with E-state index in [0.717, 1.165) is 39.7 Å². The lowest BCUT2D eigenvalue weighted by atomic mass is 9.80. The van der Waals surface area contributed by atoms with Gasteiger partial charge in [0.1, 0.15) is 0 Å². The Morgan fingerprint density at radius 3 is 1.90 bits per heavy atom. The molecule has 2 nitrogen and oxygen atoms in total. The molecule has 2 aliphatic rings. The number of rotatable bonds is 7. The van der Waals surface area contributed by atoms with Crippen LogP contribution in [0.1, 0.15) is 88.7 Å². The van der Waals surface area contributed by atoms with Gasteiger partial charge in [-0.05, 0) is 104 Å². The van der Waals surface area contributed by atoms with Crippen molar-refractivity contribution in [3.05, 3.63) is 172 Å². The maximum absolute atomic E-state index is 14.1. The molecule has 5 aromatic rings. The number of carbonyl (C=O) groups excluding carboxylic acids is 2. The third-order valence-corrected chi connectivity index (χ3v) is 10.6. The summed E-state index contributed by atoms with van der Waals surface area (Å²) in [4.78, 5) is 26.3. The van der Waals surface area contributed by atoms with Gasteiger partial charge < -0.3 is 0 Å². The smallest absolute Gasteiger partial charge is 0.194 e. The molecule has 0 aromatic heterocycles. The number of allylic oxidation sites excluding steroid dienone is 5. The van der Waals surface area contributed by atoms with Crippen LogP contribution in [0.5, 0.6) is 0 Å². The monoisotopic (exact) mass is 624 g/mol. The highest BCUT2D eigenvalue weighted by molar-refractivity contribution is 6.14. The zero-order valence-electron chi connectivity index (χ0n) is 28.6. The van der Waals surface area contributed by atoms with E-state index < -0.39 is 0 Å². The van der Waals surface area contributed by atoms with Crippen molar-refractivity contribution in [2.45, 2.75) is 52.4 Å². The molecule has 2 aliphatic carbocycles. The molecule has 0 N–H and O–H groups in total. The molecule has 0 fully saturated rings. The summed E-state index contributed by atoms with van der Waals surface area (Å²) in [5, 5.41) is 0. The number of hydrogen-bond donors (Lipinski definition) is 0. The van der Waals surface area contributed by atoms with Gasteiger partial charge in [-0.25, -0.2) is 0 Å². The van der Waals surface area contributed by atoms with Gasteiger partial charge in [0.15, 0.2) is 12.1 Å². The Bertz CT molecular complexity index is 2250. The summed E-state index contributed by atoms with van der Waals surface area (Å²) in [5.74, 6) is -0.152. The van der Waals surface area contributed by atoms with Crippen LogP contribution in [0.25, 0.3) is 39.0 Å². The molecule has 2 heteroatoms. The summed E-state index contributed by atoms with van der Waals surface area (Å²) in [6.07, 6.45) is 6.96. The lowest BCUT2D eigenvalue weighted by Gasteiger charge is -2.23. The predicted octanol–water partition coefficient (Wildman–Crippen LogP) is 11.5. The first kappa shape index (κ1) is 31.3. The quantitative estimate of drug-likeness (QED) is 0.133. The molecular weight excluding hydrogens is 585 g/mol. The fourth-order valence-corrected chi connectivity index (χ4v) is 7.95. The van der Waals surface area contributed by atoms with Crippen molar-refractivity contribution in [1.82, 2.24) is 0 Å². The van der Waals surface area contributed by atoms with Crippen LogP contribution in [0.4, 0.5) is 0 Å². The minimum atomic E-state index is -0.194. The SMILES string of the molecule is C=CC1=C(/C=C\C)C(C)(C)c2cc(-c3ccc(C=O)c(C(=O)c4ccc(-c5ccc6c(c5)C(C)(C)c5ccccc5-6)cc4C)c3)ccc21. The summed E-state index contributed by atoms with van der Waals surface area (Å²) in [7, 11) is 0. The van der Waals surface area contributed by atoms with Crippen LogP contribution in [0.3, 0.4) is 0 Å². The van der Waals surface area contributed by atoms with Crippen molar-refractivity contribution in [2.75, 3.05) is 0 Å². The van der Waals surface area contributed by atoms with Crippen molar-refractivity contribution >= 4 is 17.6 Å². The normalized spacial score (nSPS) is 15.3. The molecule has 0 radical (unpaired) electrons. The molecule has 0 spiro atoms. The Morgan fingerprint density at radius 1 is 0.646 bits per heavy atom. The molecule has 0 amide bonds. The van der Waals surface area contributed by atoms with Gasteiger partial charge in [0.2, 0.25) is 0 Å². The Labute approximate surface area is 284 Å². The van der Waals surface area contributed by atoms with Crippen LogP contribution in [-0.4, -0.2) is 12.1 Å². The van der Waals surface area contributed by atoms with Crippen LogP contribution in [0.2, 0.25) is 0 Å². The second-order valence-electron chi connectivity index (χ2n) is 14.1. The van der Waals surface area contributed by atoms with Crippen LogP contribution in [-0.2, 0) is 10.8 Å². The predicted molar refractivity (Wildman–Crippen MR) is 200 cm³/mol. The average Bonchev–Trinajstić information content (AvgIpc) is 3.46. The second-order valence-corrected chi connectivity index (χ2v) is 14.1. The van der Waals surface area contributed by atoms with E-state index in [1.54, 1.807) is 6.07 Å². The average molecular weight is 625 g/mol. The zero-order valence-corrected chi connectivity index (χ0v) is 28.6. The van der Waals surface area contributed by atoms with E-state index in [1.165, 1.54) is 39.0 Å². The van der Waals surface area contributed by atoms with E-state index in [4.69, 9.17) is 0 Å². The maximum Gasteiger partial charge on any atom is 0.194 e. The Balaban J connectivity index is 1.23. The van der Waals surface area contributed by atoms with E-state index in [0.29, 0.717) is 16.7 Å². The molecule has 48 heavy (non-hydrogen) atoms. The van der Waals surface area contributed by atoms with Crippen LogP contribution < -0.4 is 0 Å². The van der Waals surface area contributed by atoms with E-state index in [-0.39, 0.29) is 16.6 Å². The molecule has 0 heterocycles. The highest BCUT2D eigenvalue weighted by atomic mass is 16.1. The topological polar surface area (TPSA) is 34.1 Å². The number of hydrogen-bond acceptors (Lipinski definition) is 2. The third-order valence-electron chi connectivity index (χ3n) is 10.6. The van der Waals surface area contributed by atoms with Crippen molar-refractivity contribution in [3.63, 3.8) is 0 Å². The molecule has 236 valence electrons. The van der Waals surface area contributed by atoms with Crippen LogP contribution in [0.15, 0.2) is 127 Å². The lowest BCUT2D eigenvalue weighted by molar-refractivity contribution is 0.102. The van der Waals surface area contributed by atoms with Gasteiger partial charge >= 0.3 is 0 Å². The standard InChI is InChI=1S/C46H40O2/c1-8-12-40-34(9-2)37-21-18-32(26-42(37)45(40,4)5)30-15-16-33(27-47)39(24-30)44(48)35-20-17-29(23-28(35)3)31-19-22-38-36-13-10-11-14-41(36)46(6,7)43(38)25-31/h8-27H,2H2,1,3-7H3/b12-8-. The van der Waals surface area contributed by atoms with E-state index >= 15 is 0 Å². The summed E-state index contributed by atoms with van der Waals surface area (Å²) in [6.45, 7) is 17.1. The number of carbonyl (C=O) groups is 2. The van der Waals surface area contributed by atoms with Gasteiger partial charge in [-0.3, -0.25) is 9.59 Å². The van der Waals surface area contributed by atoms with Crippen LogP contribution in [0, 0.1) is 6.92 Å². The fourth-order valence-electron chi connectivity index (χ4n) is 7.95. The van der Waals surface area contributed by atoms with Gasteiger partial charge in [0.05, 0.1) is 0 Å². The largest absolute Gasteiger partial charge is 0.298 e. The summed E-state index contributed by atoms with van der Waals surface area (Å²) >= 11 is 0. The van der Waals surface area contributed by atoms with Crippen LogP contribution >= 0.6 is 0 Å². The number of fused-ring (bicyclic) bond motifs is 4. The van der Waals surface area contributed by atoms with E-state index in [9.17, 15) is 9.59 Å². The summed E-state index contributed by atoms with van der Waals surface area (Å²) in [5.41, 5.74) is 16.1. The number of aryl methyl sites for hydroxylation is 1. The Kier molecular flexibility index (Phi) is 7.44. The minimum absolute atomic E-state index is 0.0863. The zero-order chi connectivity index (χ0) is 34.0. The molecule has 0 bridgehead atoms. The fraction of sp³-hybridized carbons (Fsp3) is 0.174. The number of ketones is 1. The van der Waals surface area contributed by atoms with Crippen molar-refractivity contribution < 1.29 is 9.59 Å². The van der Waals surface area contributed by atoms with E-state index in [2.05, 4.69) is 113 Å². The minimum Gasteiger partial charge on any atom is -0.298 e. The van der Waals surface area contributed by atoms with Gasteiger partial charge in [-0.15, -0.1) is 0 Å². The Hall–Kier alpha value is -5.34. The molecule has 0 atom stereocenters. The lowest BCUT2D eigenvalue weighted by Crippen LogP contribution is -2.16. The molecule has 0 unspecified atom stereocenters. The molecule has 0 aliphatic heterocycles. The molecule has 7 rings (SSSR count). The molecule has 0 saturated carbocycles. The van der Waals surface area contributed by atoms with Gasteiger partial charge in [-0.1, -0.05) is 131 Å². The first-order valence-electron chi connectivity index (χ1n) is 16.7. The second kappa shape index (κ2) is 11.4. The summed E-state index contributed by atoms with van der Waals surface area (Å²) in [6, 6.07) is 33.4. The number of benzene rings is 5. The first-order chi connectivity index (χ1) is 23.0. The third kappa shape index (κ3) is 4.70. The van der Waals surface area contributed by atoms with Crippen molar-refractivity contribution in [3.8, 4) is 33.4 Å². The first-order valence-corrected chi connectivity index (χ1v) is 16.7. The maximum atomic E-state index is 14.1. The summed E-state index contributed by atoms with van der Waals surface area (Å²) < 4.78 is 0. The Morgan fingerprint density at radius 2 is 1.23 bits per heavy atom.